The minimum Gasteiger partial charge on any atom is -0.387 e. The van der Waals surface area contributed by atoms with E-state index in [1.807, 2.05) is 22.6 Å². The minimum atomic E-state index is -5.32. The number of halogens is 1. The number of nitrogens with zero attached hydrogens (tertiary/aromatic N) is 4. The Kier molecular flexibility index (Phi) is 8.96. The van der Waals surface area contributed by atoms with E-state index >= 15 is 0 Å². The number of carbonyl (C=O) groups excluding carboxylic acids is 1. The van der Waals surface area contributed by atoms with E-state index < -0.39 is 46.8 Å². The summed E-state index contributed by atoms with van der Waals surface area (Å²) in [7, 11) is -10.5. The maximum absolute atomic E-state index is 11.6. The Hall–Kier alpha value is -1.31. The van der Waals surface area contributed by atoms with Crippen molar-refractivity contribution in [2.75, 3.05) is 29.4 Å². The summed E-state index contributed by atoms with van der Waals surface area (Å²) < 4.78 is 37.7. The second-order valence-corrected chi connectivity index (χ2v) is 10.4. The summed E-state index contributed by atoms with van der Waals surface area (Å²) in [6.07, 6.45) is -3.23. The molecule has 0 spiro atoms. The molecule has 1 unspecified atom stereocenters. The number of hydrogen-bond donors (Lipinski definition) is 7. The van der Waals surface area contributed by atoms with Crippen molar-refractivity contribution in [3.8, 4) is 0 Å². The molecule has 3 rings (SSSR count). The minimum absolute atomic E-state index is 0.116. The third kappa shape index (κ3) is 6.88. The van der Waals surface area contributed by atoms with E-state index in [4.69, 9.17) is 14.5 Å². The number of carbonyl (C=O) groups is 1. The number of phosphoric acid groups is 2. The molecule has 190 valence electrons. The van der Waals surface area contributed by atoms with Crippen LogP contribution in [0.5, 0.6) is 0 Å². The maximum atomic E-state index is 11.6. The van der Waals surface area contributed by atoms with E-state index in [1.54, 1.807) is 0 Å². The van der Waals surface area contributed by atoms with Gasteiger partial charge in [0.2, 0.25) is 5.91 Å². The molecular weight excluding hydrogens is 617 g/mol. The van der Waals surface area contributed by atoms with Crippen LogP contribution >= 0.6 is 38.2 Å². The molecule has 0 radical (unpaired) electrons. The number of alkyl halides is 1. The molecule has 0 aliphatic carbocycles. The van der Waals surface area contributed by atoms with Gasteiger partial charge in [-0.15, -0.1) is 0 Å². The zero-order chi connectivity index (χ0) is 25.1. The van der Waals surface area contributed by atoms with Crippen molar-refractivity contribution in [2.45, 2.75) is 24.5 Å². The highest BCUT2D eigenvalue weighted by Gasteiger charge is 2.46. The number of phosphoric ester groups is 1. The fourth-order valence-electron chi connectivity index (χ4n) is 3.02. The lowest BCUT2D eigenvalue weighted by molar-refractivity contribution is -0.118. The van der Waals surface area contributed by atoms with Gasteiger partial charge in [-0.3, -0.25) is 13.9 Å². The summed E-state index contributed by atoms with van der Waals surface area (Å²) in [5.74, 6) is 0.228. The Bertz CT molecular complexity index is 1120. The van der Waals surface area contributed by atoms with Crippen LogP contribution in [0.2, 0.25) is 0 Å². The number of aliphatic hydroxyl groups is 2. The second kappa shape index (κ2) is 11.2. The van der Waals surface area contributed by atoms with E-state index in [1.165, 1.54) is 17.2 Å². The first-order valence-corrected chi connectivity index (χ1v) is 14.0. The van der Waals surface area contributed by atoms with Gasteiger partial charge in [-0.2, -0.15) is 4.31 Å². The maximum Gasteiger partial charge on any atom is 0.481 e. The van der Waals surface area contributed by atoms with Crippen molar-refractivity contribution < 1.29 is 52.4 Å². The summed E-state index contributed by atoms with van der Waals surface area (Å²) in [6.45, 7) is -0.146. The summed E-state index contributed by atoms with van der Waals surface area (Å²) in [6, 6.07) is 0. The van der Waals surface area contributed by atoms with Crippen LogP contribution in [0.3, 0.4) is 0 Å². The van der Waals surface area contributed by atoms with Crippen LogP contribution in [0, 0.1) is 0 Å². The normalized spacial score (nSPS) is 24.8. The molecule has 3 heterocycles. The zero-order valence-corrected chi connectivity index (χ0v) is 21.0. The Morgan fingerprint density at radius 2 is 1.91 bits per heavy atom. The van der Waals surface area contributed by atoms with Gasteiger partial charge in [0, 0.05) is 13.1 Å². The summed E-state index contributed by atoms with van der Waals surface area (Å²) in [5.41, 5.74) is 0.534. The van der Waals surface area contributed by atoms with Crippen molar-refractivity contribution in [3.63, 3.8) is 0 Å². The standard InChI is InChI=1S/C14H21IN6O11P2/c15-3-8(22)16-1-2-17-12-9-13(19-5-18-12)21(6-20-9)14-11(24)10(23)7(31-14)4-30-34(28,29)32-33(25,26)27/h5-7,10-11,14,23-24H,1-4H2,(H,16,22)(H,28,29)(H,17,18,19)(H2,25,26,27)/t7-,10-,11-,14-/m1/s1. The van der Waals surface area contributed by atoms with E-state index in [-0.39, 0.29) is 11.6 Å². The number of fused-ring (bicyclic) bond motifs is 1. The number of aliphatic hydroxyl groups excluding tert-OH is 2. The molecule has 1 amide bonds. The monoisotopic (exact) mass is 638 g/mol. The van der Waals surface area contributed by atoms with Crippen molar-refractivity contribution in [2.24, 2.45) is 0 Å². The van der Waals surface area contributed by atoms with Gasteiger partial charge < -0.3 is 40.3 Å². The lowest BCUT2D eigenvalue weighted by atomic mass is 10.1. The number of ether oxygens (including phenoxy) is 1. The van der Waals surface area contributed by atoms with Crippen LogP contribution in [0.1, 0.15) is 6.23 Å². The number of rotatable bonds is 11. The van der Waals surface area contributed by atoms with Gasteiger partial charge in [-0.05, 0) is 0 Å². The highest BCUT2D eigenvalue weighted by atomic mass is 127. The highest BCUT2D eigenvalue weighted by molar-refractivity contribution is 14.1. The van der Waals surface area contributed by atoms with Crippen molar-refractivity contribution in [1.29, 1.82) is 0 Å². The highest BCUT2D eigenvalue weighted by Crippen LogP contribution is 2.57. The van der Waals surface area contributed by atoms with Gasteiger partial charge >= 0.3 is 15.6 Å². The first-order valence-electron chi connectivity index (χ1n) is 9.42. The van der Waals surface area contributed by atoms with Gasteiger partial charge in [0.15, 0.2) is 23.2 Å². The van der Waals surface area contributed by atoms with Crippen LogP contribution in [-0.4, -0.2) is 92.8 Å². The molecule has 0 saturated carbocycles. The molecule has 7 N–H and O–H groups in total. The fraction of sp³-hybridized carbons (Fsp3) is 0.571. The molecule has 2 aromatic heterocycles. The Morgan fingerprint density at radius 1 is 1.18 bits per heavy atom. The number of hydrogen-bond acceptors (Lipinski definition) is 12. The lowest BCUT2D eigenvalue weighted by Gasteiger charge is -2.17. The third-order valence-corrected chi connectivity index (χ3v) is 7.29. The molecule has 1 fully saturated rings. The van der Waals surface area contributed by atoms with E-state index in [2.05, 4.69) is 34.4 Å². The van der Waals surface area contributed by atoms with Crippen LogP contribution in [0.25, 0.3) is 11.2 Å². The topological polar surface area (TPSA) is 248 Å². The zero-order valence-electron chi connectivity index (χ0n) is 17.0. The predicted octanol–water partition coefficient (Wildman–Crippen LogP) is -1.37. The molecule has 1 aliphatic heterocycles. The average Bonchev–Trinajstić information content (AvgIpc) is 3.30. The van der Waals surface area contributed by atoms with Crippen molar-refractivity contribution >= 4 is 61.1 Å². The van der Waals surface area contributed by atoms with Gasteiger partial charge in [-0.25, -0.2) is 24.1 Å². The quantitative estimate of drug-likeness (QED) is 0.0650. The summed E-state index contributed by atoms with van der Waals surface area (Å²) in [4.78, 5) is 50.4. The van der Waals surface area contributed by atoms with Gasteiger partial charge in [-0.1, -0.05) is 22.6 Å². The summed E-state index contributed by atoms with van der Waals surface area (Å²) >= 11 is 1.94. The average molecular weight is 638 g/mol. The Balaban J connectivity index is 1.69. The van der Waals surface area contributed by atoms with E-state index in [9.17, 15) is 29.0 Å². The van der Waals surface area contributed by atoms with Gasteiger partial charge in [0.25, 0.3) is 0 Å². The van der Waals surface area contributed by atoms with Crippen molar-refractivity contribution in [3.05, 3.63) is 12.7 Å². The van der Waals surface area contributed by atoms with Crippen LogP contribution in [0.15, 0.2) is 12.7 Å². The molecular formula is C14H21IN6O11P2. The van der Waals surface area contributed by atoms with Gasteiger partial charge in [0.1, 0.15) is 24.6 Å². The molecule has 17 nitrogen and oxygen atoms in total. The Labute approximate surface area is 204 Å². The fourth-order valence-corrected chi connectivity index (χ4v) is 4.89. The first-order chi connectivity index (χ1) is 15.9. The van der Waals surface area contributed by atoms with E-state index in [0.29, 0.717) is 28.9 Å². The molecule has 34 heavy (non-hydrogen) atoms. The molecule has 0 bridgehead atoms. The third-order valence-electron chi connectivity index (χ3n) is 4.44. The lowest BCUT2D eigenvalue weighted by Crippen LogP contribution is -2.33. The first kappa shape index (κ1) is 27.3. The SMILES string of the molecule is O=C(CI)NCCNc1ncnc2c1ncn2[C@@H]1O[C@H](COP(=O)(O)OP(=O)(O)O)[C@@H](O)[C@H]1O. The molecule has 20 heteroatoms. The molecule has 2 aromatic rings. The number of anilines is 1. The number of imidazole rings is 1. The molecule has 5 atom stereocenters. The number of amides is 1. The van der Waals surface area contributed by atoms with E-state index in [0.717, 1.165) is 0 Å². The molecule has 1 aliphatic rings. The van der Waals surface area contributed by atoms with Crippen molar-refractivity contribution in [1.82, 2.24) is 24.8 Å². The molecule has 1 saturated heterocycles. The van der Waals surface area contributed by atoms with Crippen LogP contribution < -0.4 is 10.6 Å². The number of aromatic nitrogens is 4. The van der Waals surface area contributed by atoms with Crippen LogP contribution in [0.4, 0.5) is 5.82 Å². The Morgan fingerprint density at radius 3 is 2.59 bits per heavy atom. The second-order valence-electron chi connectivity index (χ2n) is 6.84. The van der Waals surface area contributed by atoms with Crippen LogP contribution in [-0.2, 0) is 27.5 Å². The summed E-state index contributed by atoms with van der Waals surface area (Å²) in [5, 5.41) is 26.4. The number of nitrogens with one attached hydrogen (secondary N) is 2. The van der Waals surface area contributed by atoms with Gasteiger partial charge in [0.05, 0.1) is 17.4 Å². The smallest absolute Gasteiger partial charge is 0.387 e. The predicted molar refractivity (Wildman–Crippen MR) is 121 cm³/mol. The largest absolute Gasteiger partial charge is 0.481 e. The molecule has 0 aromatic carbocycles.